The Morgan fingerprint density at radius 3 is 2.94 bits per heavy atom. The second-order valence-corrected chi connectivity index (χ2v) is 5.17. The molecule has 1 aromatic heterocycles. The Bertz CT molecular complexity index is 409. The summed E-state index contributed by atoms with van der Waals surface area (Å²) in [6.45, 7) is 0. The summed E-state index contributed by atoms with van der Waals surface area (Å²) in [5.74, 6) is -2.21. The standard InChI is InChI=1S/C13H19F2N3/c14-13(15)4-1-2-10(8-13)11(16)6-9-3-5-18-12(17)7-9/h3,5,7,10-11H,1-2,4,6,8,16H2,(H2,17,18). The number of aromatic nitrogens is 1. The van der Waals surface area contributed by atoms with Crippen LogP contribution >= 0.6 is 0 Å². The van der Waals surface area contributed by atoms with Crippen LogP contribution in [0.15, 0.2) is 18.3 Å². The molecule has 100 valence electrons. The highest BCUT2D eigenvalue weighted by Gasteiger charge is 2.38. The average molecular weight is 255 g/mol. The maximum absolute atomic E-state index is 13.3. The van der Waals surface area contributed by atoms with Gasteiger partial charge in [-0.05, 0) is 42.9 Å². The van der Waals surface area contributed by atoms with Crippen molar-refractivity contribution >= 4 is 5.82 Å². The molecule has 0 aromatic carbocycles. The lowest BCUT2D eigenvalue weighted by molar-refractivity contribution is -0.0561. The van der Waals surface area contributed by atoms with Crippen molar-refractivity contribution in [1.82, 2.24) is 4.98 Å². The van der Waals surface area contributed by atoms with Crippen molar-refractivity contribution in [2.75, 3.05) is 5.73 Å². The molecular formula is C13H19F2N3. The van der Waals surface area contributed by atoms with Gasteiger partial charge in [0.05, 0.1) is 0 Å². The topological polar surface area (TPSA) is 64.9 Å². The fourth-order valence-electron chi connectivity index (χ4n) is 2.64. The predicted octanol–water partition coefficient (Wildman–Crippen LogP) is 2.36. The molecule has 4 N–H and O–H groups in total. The Morgan fingerprint density at radius 1 is 1.50 bits per heavy atom. The molecular weight excluding hydrogens is 236 g/mol. The molecule has 1 saturated carbocycles. The van der Waals surface area contributed by atoms with Crippen molar-refractivity contribution in [2.24, 2.45) is 11.7 Å². The lowest BCUT2D eigenvalue weighted by Gasteiger charge is -2.32. The Morgan fingerprint density at radius 2 is 2.28 bits per heavy atom. The normalized spacial score (nSPS) is 24.7. The summed E-state index contributed by atoms with van der Waals surface area (Å²) >= 11 is 0. The smallest absolute Gasteiger partial charge is 0.248 e. The minimum absolute atomic E-state index is 0.00156. The summed E-state index contributed by atoms with van der Waals surface area (Å²) in [6, 6.07) is 3.34. The van der Waals surface area contributed by atoms with Crippen LogP contribution in [-0.2, 0) is 6.42 Å². The second-order valence-electron chi connectivity index (χ2n) is 5.17. The van der Waals surface area contributed by atoms with E-state index in [0.717, 1.165) is 12.0 Å². The number of rotatable bonds is 3. The number of nitrogen functional groups attached to an aromatic ring is 1. The van der Waals surface area contributed by atoms with Crippen LogP contribution in [0.2, 0.25) is 0 Å². The van der Waals surface area contributed by atoms with E-state index < -0.39 is 5.92 Å². The van der Waals surface area contributed by atoms with Gasteiger partial charge in [0, 0.05) is 25.1 Å². The zero-order valence-electron chi connectivity index (χ0n) is 10.3. The Labute approximate surface area is 106 Å². The van der Waals surface area contributed by atoms with Crippen molar-refractivity contribution in [3.05, 3.63) is 23.9 Å². The van der Waals surface area contributed by atoms with Crippen LogP contribution in [0.5, 0.6) is 0 Å². The third kappa shape index (κ3) is 3.38. The monoisotopic (exact) mass is 255 g/mol. The van der Waals surface area contributed by atoms with Crippen LogP contribution < -0.4 is 11.5 Å². The molecule has 3 nitrogen and oxygen atoms in total. The zero-order chi connectivity index (χ0) is 13.2. The van der Waals surface area contributed by atoms with Gasteiger partial charge in [0.2, 0.25) is 5.92 Å². The first-order valence-electron chi connectivity index (χ1n) is 6.30. The number of anilines is 1. The minimum Gasteiger partial charge on any atom is -0.384 e. The molecule has 0 aliphatic heterocycles. The van der Waals surface area contributed by atoms with E-state index in [9.17, 15) is 8.78 Å². The third-order valence-corrected chi connectivity index (χ3v) is 3.60. The first kappa shape index (κ1) is 13.2. The third-order valence-electron chi connectivity index (χ3n) is 3.60. The van der Waals surface area contributed by atoms with Gasteiger partial charge in [0.25, 0.3) is 0 Å². The minimum atomic E-state index is -2.54. The quantitative estimate of drug-likeness (QED) is 0.871. The number of hydrogen-bond acceptors (Lipinski definition) is 3. The number of pyridine rings is 1. The average Bonchev–Trinajstić information content (AvgIpc) is 2.27. The van der Waals surface area contributed by atoms with Gasteiger partial charge in [0.1, 0.15) is 5.82 Å². The Kier molecular flexibility index (Phi) is 3.80. The number of nitrogens with two attached hydrogens (primary N) is 2. The van der Waals surface area contributed by atoms with Crippen LogP contribution in [0.1, 0.15) is 31.2 Å². The molecule has 1 fully saturated rings. The first-order chi connectivity index (χ1) is 8.46. The molecule has 18 heavy (non-hydrogen) atoms. The van der Waals surface area contributed by atoms with E-state index in [-0.39, 0.29) is 24.8 Å². The van der Waals surface area contributed by atoms with E-state index in [4.69, 9.17) is 11.5 Å². The van der Waals surface area contributed by atoms with Crippen LogP contribution in [-0.4, -0.2) is 16.9 Å². The molecule has 1 heterocycles. The van der Waals surface area contributed by atoms with E-state index in [1.165, 1.54) is 0 Å². The van der Waals surface area contributed by atoms with Crippen molar-refractivity contribution in [3.63, 3.8) is 0 Å². The fraction of sp³-hybridized carbons (Fsp3) is 0.615. The second kappa shape index (κ2) is 5.18. The molecule has 0 bridgehead atoms. The number of halogens is 2. The van der Waals surface area contributed by atoms with E-state index in [1.807, 2.05) is 6.07 Å². The summed E-state index contributed by atoms with van der Waals surface area (Å²) in [7, 11) is 0. The van der Waals surface area contributed by atoms with Crippen molar-refractivity contribution in [2.45, 2.75) is 44.1 Å². The van der Waals surface area contributed by atoms with Gasteiger partial charge in [-0.2, -0.15) is 0 Å². The van der Waals surface area contributed by atoms with Gasteiger partial charge >= 0.3 is 0 Å². The maximum Gasteiger partial charge on any atom is 0.248 e. The van der Waals surface area contributed by atoms with Gasteiger partial charge in [-0.15, -0.1) is 0 Å². The van der Waals surface area contributed by atoms with E-state index in [2.05, 4.69) is 4.98 Å². The number of hydrogen-bond donors (Lipinski definition) is 2. The summed E-state index contributed by atoms with van der Waals surface area (Å²) < 4.78 is 26.7. The lowest BCUT2D eigenvalue weighted by Crippen LogP contribution is -2.39. The van der Waals surface area contributed by atoms with Crippen molar-refractivity contribution < 1.29 is 8.78 Å². The molecule has 0 saturated heterocycles. The summed E-state index contributed by atoms with van der Waals surface area (Å²) in [5.41, 5.74) is 12.6. The van der Waals surface area contributed by atoms with Crippen LogP contribution in [0.3, 0.4) is 0 Å². The number of nitrogens with zero attached hydrogens (tertiary/aromatic N) is 1. The molecule has 1 aliphatic rings. The SMILES string of the molecule is Nc1cc(CC(N)C2CCCC(F)(F)C2)ccn1. The first-order valence-corrected chi connectivity index (χ1v) is 6.30. The van der Waals surface area contributed by atoms with E-state index >= 15 is 0 Å². The van der Waals surface area contributed by atoms with Gasteiger partial charge in [0.15, 0.2) is 0 Å². The maximum atomic E-state index is 13.3. The van der Waals surface area contributed by atoms with E-state index in [0.29, 0.717) is 18.7 Å². The molecule has 2 rings (SSSR count). The van der Waals surface area contributed by atoms with Crippen molar-refractivity contribution in [1.29, 1.82) is 0 Å². The number of alkyl halides is 2. The summed E-state index contributed by atoms with van der Waals surface area (Å²) in [6.07, 6.45) is 3.45. The molecule has 2 unspecified atom stereocenters. The highest BCUT2D eigenvalue weighted by atomic mass is 19.3. The molecule has 1 aromatic rings. The Hall–Kier alpha value is -1.23. The zero-order valence-corrected chi connectivity index (χ0v) is 10.3. The lowest BCUT2D eigenvalue weighted by atomic mass is 9.80. The molecule has 0 spiro atoms. The van der Waals surface area contributed by atoms with Gasteiger partial charge < -0.3 is 11.5 Å². The largest absolute Gasteiger partial charge is 0.384 e. The van der Waals surface area contributed by atoms with Crippen LogP contribution in [0.25, 0.3) is 0 Å². The van der Waals surface area contributed by atoms with Crippen LogP contribution in [0, 0.1) is 5.92 Å². The molecule has 5 heteroatoms. The summed E-state index contributed by atoms with van der Waals surface area (Å²) in [5, 5.41) is 0. The highest BCUT2D eigenvalue weighted by Crippen LogP contribution is 2.38. The molecule has 0 amide bonds. The molecule has 2 atom stereocenters. The Balaban J connectivity index is 1.97. The molecule has 1 aliphatic carbocycles. The molecule has 0 radical (unpaired) electrons. The fourth-order valence-corrected chi connectivity index (χ4v) is 2.64. The van der Waals surface area contributed by atoms with E-state index in [1.54, 1.807) is 12.3 Å². The summed E-state index contributed by atoms with van der Waals surface area (Å²) in [4.78, 5) is 3.90. The van der Waals surface area contributed by atoms with Gasteiger partial charge in [-0.3, -0.25) is 0 Å². The highest BCUT2D eigenvalue weighted by molar-refractivity contribution is 5.32. The van der Waals surface area contributed by atoms with Crippen molar-refractivity contribution in [3.8, 4) is 0 Å². The van der Waals surface area contributed by atoms with Crippen LogP contribution in [0.4, 0.5) is 14.6 Å². The van der Waals surface area contributed by atoms with Gasteiger partial charge in [-0.1, -0.05) is 0 Å². The van der Waals surface area contributed by atoms with Gasteiger partial charge in [-0.25, -0.2) is 13.8 Å². The predicted molar refractivity (Wildman–Crippen MR) is 67.2 cm³/mol.